The van der Waals surface area contributed by atoms with Gasteiger partial charge in [0.15, 0.2) is 0 Å². The Kier molecular flexibility index (Phi) is 7.53. The number of aromatic nitrogens is 1. The van der Waals surface area contributed by atoms with E-state index in [2.05, 4.69) is 86.7 Å². The number of benzene rings is 3. The number of carbonyl (C=O) groups excluding carboxylic acids is 1. The maximum Gasteiger partial charge on any atom is 0.254 e. The second-order valence-electron chi connectivity index (χ2n) is 12.0. The van der Waals surface area contributed by atoms with Gasteiger partial charge in [-0.1, -0.05) is 62.4 Å². The van der Waals surface area contributed by atoms with Gasteiger partial charge in [-0.15, -0.1) is 0 Å². The molecule has 0 N–H and O–H groups in total. The minimum Gasteiger partial charge on any atom is -0.333 e. The molecule has 1 aliphatic heterocycles. The normalized spacial score (nSPS) is 22.2. The van der Waals surface area contributed by atoms with Crippen LogP contribution in [0.4, 0.5) is 0 Å². The molecule has 0 saturated heterocycles. The van der Waals surface area contributed by atoms with Gasteiger partial charge < -0.3 is 4.90 Å². The van der Waals surface area contributed by atoms with E-state index in [4.69, 9.17) is 4.98 Å². The van der Waals surface area contributed by atoms with E-state index in [1.54, 1.807) is 0 Å². The smallest absolute Gasteiger partial charge is 0.254 e. The zero-order valence-corrected chi connectivity index (χ0v) is 27.8. The Morgan fingerprint density at radius 3 is 2.48 bits per heavy atom. The Morgan fingerprint density at radius 2 is 1.65 bits per heavy atom. The standard InChI is InChI=1S/C36H36N2O.U/c1-22-7-4-5-8-27-20-25(13-16-29(22)27)26-14-17-32-28(21-26)15-18-33(37-32)34-19-23(2)35-30(24-11-12-24)9-6-10-31(35)36(39)38(34)3;/h5-6,8-10,13-18,20-24,34H,4,7,11-12,19H2,1-3H3;/t22-,23?,34?;/m1./s1. The van der Waals surface area contributed by atoms with Crippen molar-refractivity contribution in [2.45, 2.75) is 69.7 Å². The van der Waals surface area contributed by atoms with E-state index in [-0.39, 0.29) is 43.1 Å². The zero-order chi connectivity index (χ0) is 26.7. The molecule has 200 valence electrons. The number of carbonyl (C=O) groups is 1. The Bertz CT molecular complexity index is 1640. The molecule has 40 heavy (non-hydrogen) atoms. The third kappa shape index (κ3) is 4.88. The molecule has 3 nitrogen and oxygen atoms in total. The van der Waals surface area contributed by atoms with Gasteiger partial charge in [-0.05, 0) is 114 Å². The number of nitrogens with zero attached hydrogens (tertiary/aromatic N) is 2. The number of hydrogen-bond donors (Lipinski definition) is 0. The van der Waals surface area contributed by atoms with Crippen LogP contribution in [0.2, 0.25) is 0 Å². The van der Waals surface area contributed by atoms with Crippen molar-refractivity contribution in [1.82, 2.24) is 9.88 Å². The molecule has 2 unspecified atom stereocenters. The van der Waals surface area contributed by atoms with Gasteiger partial charge in [-0.2, -0.15) is 0 Å². The van der Waals surface area contributed by atoms with Crippen LogP contribution >= 0.6 is 0 Å². The van der Waals surface area contributed by atoms with Crippen molar-refractivity contribution in [1.29, 1.82) is 0 Å². The van der Waals surface area contributed by atoms with Crippen LogP contribution in [0.1, 0.15) is 108 Å². The second-order valence-corrected chi connectivity index (χ2v) is 12.0. The largest absolute Gasteiger partial charge is 0.333 e. The minimum absolute atomic E-state index is 0. The van der Waals surface area contributed by atoms with Crippen molar-refractivity contribution in [2.75, 3.05) is 7.05 Å². The van der Waals surface area contributed by atoms with E-state index in [9.17, 15) is 4.79 Å². The van der Waals surface area contributed by atoms with Gasteiger partial charge in [0.1, 0.15) is 0 Å². The van der Waals surface area contributed by atoms with E-state index in [0.717, 1.165) is 35.0 Å². The van der Waals surface area contributed by atoms with Crippen LogP contribution in [-0.2, 0) is 0 Å². The first-order valence-electron chi connectivity index (χ1n) is 14.6. The monoisotopic (exact) mass is 750 g/mol. The zero-order valence-electron chi connectivity index (χ0n) is 23.7. The molecule has 1 amide bonds. The van der Waals surface area contributed by atoms with Gasteiger partial charge in [0, 0.05) is 49.1 Å². The van der Waals surface area contributed by atoms with Crippen LogP contribution in [0.5, 0.6) is 0 Å². The minimum atomic E-state index is -0.0469. The molecular formula is C36H36N2OU. The van der Waals surface area contributed by atoms with Crippen LogP contribution in [0, 0.1) is 31.1 Å². The third-order valence-electron chi connectivity index (χ3n) is 9.31. The first-order valence-corrected chi connectivity index (χ1v) is 14.6. The van der Waals surface area contributed by atoms with Gasteiger partial charge in [0.2, 0.25) is 0 Å². The van der Waals surface area contributed by atoms with Crippen LogP contribution in [0.3, 0.4) is 0 Å². The molecule has 4 aromatic rings. The summed E-state index contributed by atoms with van der Waals surface area (Å²) in [5.41, 5.74) is 10.7. The summed E-state index contributed by atoms with van der Waals surface area (Å²) in [5, 5.41) is 1.13. The SMILES string of the molecule is CC1CC(c2ccc3cc(-c4ccc5c(c4)C=CCC[C@H]5C)ccc3n2)N(C)C(=O)c2cccc(C3CC3)c21.[U]. The number of hydrogen-bond acceptors (Lipinski definition) is 2. The summed E-state index contributed by atoms with van der Waals surface area (Å²) in [6, 6.07) is 24.1. The van der Waals surface area contributed by atoms with Crippen LogP contribution in [0.25, 0.3) is 28.1 Å². The molecule has 2 heterocycles. The molecule has 3 aromatic carbocycles. The van der Waals surface area contributed by atoms with Crippen LogP contribution in [0.15, 0.2) is 72.8 Å². The number of allylic oxidation sites excluding steroid dienone is 1. The first kappa shape index (κ1) is 27.5. The number of pyridine rings is 1. The molecule has 1 saturated carbocycles. The van der Waals surface area contributed by atoms with Crippen LogP contribution < -0.4 is 0 Å². The van der Waals surface area contributed by atoms with E-state index in [0.29, 0.717) is 17.8 Å². The molecule has 1 aromatic heterocycles. The van der Waals surface area contributed by atoms with Crippen molar-refractivity contribution in [3.63, 3.8) is 0 Å². The first-order chi connectivity index (χ1) is 19.0. The summed E-state index contributed by atoms with van der Waals surface area (Å²) < 4.78 is 0. The van der Waals surface area contributed by atoms with Gasteiger partial charge in [-0.3, -0.25) is 9.78 Å². The van der Waals surface area contributed by atoms with Gasteiger partial charge in [-0.25, -0.2) is 0 Å². The quantitative estimate of drug-likeness (QED) is 0.210. The van der Waals surface area contributed by atoms with Crippen molar-refractivity contribution >= 4 is 22.9 Å². The topological polar surface area (TPSA) is 33.2 Å². The fraction of sp³-hybridized carbons (Fsp3) is 0.333. The average Bonchev–Trinajstić information content (AvgIpc) is 3.83. The summed E-state index contributed by atoms with van der Waals surface area (Å²) in [6.45, 7) is 4.61. The summed E-state index contributed by atoms with van der Waals surface area (Å²) >= 11 is 0. The molecular weight excluding hydrogens is 714 g/mol. The predicted octanol–water partition coefficient (Wildman–Crippen LogP) is 9.01. The number of fused-ring (bicyclic) bond motifs is 3. The Hall–Kier alpha value is -2.67. The van der Waals surface area contributed by atoms with Crippen molar-refractivity contribution in [2.24, 2.45) is 0 Å². The fourth-order valence-electron chi connectivity index (χ4n) is 6.90. The molecule has 7 rings (SSSR count). The average molecular weight is 751 g/mol. The van der Waals surface area contributed by atoms with Gasteiger partial charge >= 0.3 is 0 Å². The Balaban J connectivity index is 0.00000289. The molecule has 0 bridgehead atoms. The summed E-state index contributed by atoms with van der Waals surface area (Å²) in [5.74, 6) is 1.64. The van der Waals surface area contributed by atoms with Gasteiger partial charge in [0.05, 0.1) is 17.3 Å². The van der Waals surface area contributed by atoms with Crippen molar-refractivity contribution < 1.29 is 35.9 Å². The predicted molar refractivity (Wildman–Crippen MR) is 160 cm³/mol. The second kappa shape index (κ2) is 11.0. The van der Waals surface area contributed by atoms with E-state index >= 15 is 0 Å². The third-order valence-corrected chi connectivity index (χ3v) is 9.31. The molecule has 1 fully saturated rings. The molecule has 3 aliphatic rings. The summed E-state index contributed by atoms with van der Waals surface area (Å²) in [7, 11) is 1.95. The maximum absolute atomic E-state index is 13.7. The number of amides is 1. The maximum atomic E-state index is 13.7. The summed E-state index contributed by atoms with van der Waals surface area (Å²) in [6.07, 6.45) is 10.3. The van der Waals surface area contributed by atoms with Gasteiger partial charge in [0.25, 0.3) is 5.91 Å². The molecule has 2 aliphatic carbocycles. The van der Waals surface area contributed by atoms with E-state index in [1.165, 1.54) is 52.6 Å². The molecule has 4 heteroatoms. The van der Waals surface area contributed by atoms with Crippen molar-refractivity contribution in [3.8, 4) is 11.1 Å². The Morgan fingerprint density at radius 1 is 0.850 bits per heavy atom. The fourth-order valence-corrected chi connectivity index (χ4v) is 6.90. The number of rotatable bonds is 3. The molecule has 0 spiro atoms. The molecule has 3 atom stereocenters. The summed E-state index contributed by atoms with van der Waals surface area (Å²) in [4.78, 5) is 20.7. The van der Waals surface area contributed by atoms with E-state index < -0.39 is 0 Å². The van der Waals surface area contributed by atoms with Crippen molar-refractivity contribution in [3.05, 3.63) is 106 Å². The van der Waals surface area contributed by atoms with Crippen LogP contribution in [-0.4, -0.2) is 22.8 Å². The molecule has 0 radical (unpaired) electrons. The van der Waals surface area contributed by atoms with E-state index in [1.807, 2.05) is 18.0 Å². The Labute approximate surface area is 261 Å².